The Bertz CT molecular complexity index is 1260. The maximum atomic E-state index is 13.5. The predicted molar refractivity (Wildman–Crippen MR) is 128 cm³/mol. The molecule has 1 aromatic heterocycles. The fraction of sp³-hybridized carbons (Fsp3) is 0.120. The van der Waals surface area contributed by atoms with Gasteiger partial charge in [0.05, 0.1) is 11.3 Å². The number of nitrogens with zero attached hydrogens (tertiary/aromatic N) is 1. The van der Waals surface area contributed by atoms with E-state index < -0.39 is 0 Å². The molecule has 8 heteroatoms. The average molecular weight is 483 g/mol. The van der Waals surface area contributed by atoms with Crippen molar-refractivity contribution in [3.63, 3.8) is 0 Å². The number of thiazole rings is 1. The molecule has 1 N–H and O–H groups in total. The Morgan fingerprint density at radius 1 is 1.03 bits per heavy atom. The molecule has 3 aromatic carbocycles. The molecule has 0 aliphatic carbocycles. The Balaban J connectivity index is 1.54. The third kappa shape index (κ3) is 6.31. The lowest BCUT2D eigenvalue weighted by Gasteiger charge is -2.14. The van der Waals surface area contributed by atoms with Crippen molar-refractivity contribution in [2.75, 3.05) is 5.32 Å². The lowest BCUT2D eigenvalue weighted by Crippen LogP contribution is -2.14. The Morgan fingerprint density at radius 3 is 2.55 bits per heavy atom. The van der Waals surface area contributed by atoms with Gasteiger partial charge in [-0.25, -0.2) is 9.37 Å². The number of halogens is 2. The van der Waals surface area contributed by atoms with Crippen molar-refractivity contribution < 1.29 is 18.7 Å². The molecule has 1 amide bonds. The molecule has 33 heavy (non-hydrogen) atoms. The number of amides is 1. The Hall–Kier alpha value is -3.42. The van der Waals surface area contributed by atoms with E-state index in [1.807, 2.05) is 24.4 Å². The highest BCUT2D eigenvalue weighted by molar-refractivity contribution is 7.13. The van der Waals surface area contributed by atoms with Gasteiger partial charge in [0.1, 0.15) is 30.5 Å². The van der Waals surface area contributed by atoms with Gasteiger partial charge in [-0.2, -0.15) is 0 Å². The number of nitrogens with one attached hydrogen (secondary N) is 1. The molecule has 0 aliphatic rings. The van der Waals surface area contributed by atoms with Crippen LogP contribution in [0.25, 0.3) is 0 Å². The number of anilines is 1. The summed E-state index contributed by atoms with van der Waals surface area (Å²) < 4.78 is 25.2. The van der Waals surface area contributed by atoms with E-state index in [0.717, 1.165) is 11.3 Å². The van der Waals surface area contributed by atoms with Crippen LogP contribution in [-0.2, 0) is 13.2 Å². The number of carbonyl (C=O) groups excluding carboxylic acids is 1. The normalized spacial score (nSPS) is 10.6. The number of hydrogen-bond donors (Lipinski definition) is 1. The van der Waals surface area contributed by atoms with Crippen LogP contribution in [0.2, 0.25) is 5.02 Å². The zero-order valence-electron chi connectivity index (χ0n) is 17.7. The lowest BCUT2D eigenvalue weighted by atomic mass is 10.1. The van der Waals surface area contributed by atoms with Crippen LogP contribution in [0.4, 0.5) is 9.52 Å². The fourth-order valence-electron chi connectivity index (χ4n) is 3.01. The van der Waals surface area contributed by atoms with E-state index in [9.17, 15) is 9.18 Å². The van der Waals surface area contributed by atoms with Crippen LogP contribution in [-0.4, -0.2) is 10.9 Å². The first-order chi connectivity index (χ1) is 16.0. The van der Waals surface area contributed by atoms with Gasteiger partial charge in [0.2, 0.25) is 0 Å². The zero-order valence-corrected chi connectivity index (χ0v) is 19.3. The maximum absolute atomic E-state index is 13.5. The van der Waals surface area contributed by atoms with Gasteiger partial charge in [-0.3, -0.25) is 10.1 Å². The summed E-state index contributed by atoms with van der Waals surface area (Å²) in [6, 6.07) is 18.5. The molecule has 0 bridgehead atoms. The highest BCUT2D eigenvalue weighted by Gasteiger charge is 2.16. The van der Waals surface area contributed by atoms with Crippen LogP contribution in [0.5, 0.6) is 11.5 Å². The van der Waals surface area contributed by atoms with Crippen molar-refractivity contribution in [1.29, 1.82) is 0 Å². The second kappa shape index (κ2) is 10.5. The summed E-state index contributed by atoms with van der Waals surface area (Å²) in [5, 5.41) is 5.78. The second-order valence-electron chi connectivity index (χ2n) is 7.24. The highest BCUT2D eigenvalue weighted by atomic mass is 35.5. The molecule has 0 spiro atoms. The van der Waals surface area contributed by atoms with E-state index in [2.05, 4.69) is 10.3 Å². The first-order valence-electron chi connectivity index (χ1n) is 10.1. The van der Waals surface area contributed by atoms with Gasteiger partial charge in [-0.15, -0.1) is 11.3 Å². The Labute approximate surface area is 199 Å². The summed E-state index contributed by atoms with van der Waals surface area (Å²) in [6.45, 7) is 2.28. The molecule has 168 valence electrons. The summed E-state index contributed by atoms with van der Waals surface area (Å²) in [7, 11) is 0. The van der Waals surface area contributed by atoms with E-state index in [1.165, 1.54) is 23.5 Å². The molecule has 0 unspecified atom stereocenters. The molecule has 0 aliphatic heterocycles. The van der Waals surface area contributed by atoms with E-state index in [1.54, 1.807) is 42.5 Å². The molecule has 0 fully saturated rings. The molecule has 4 rings (SSSR count). The third-order valence-electron chi connectivity index (χ3n) is 4.64. The van der Waals surface area contributed by atoms with Gasteiger partial charge >= 0.3 is 0 Å². The van der Waals surface area contributed by atoms with Crippen molar-refractivity contribution >= 4 is 34.0 Å². The van der Waals surface area contributed by atoms with E-state index >= 15 is 0 Å². The van der Waals surface area contributed by atoms with Gasteiger partial charge in [-0.1, -0.05) is 35.9 Å². The minimum atomic E-state index is -0.379. The fourth-order valence-corrected chi connectivity index (χ4v) is 3.82. The quantitative estimate of drug-likeness (QED) is 0.305. The van der Waals surface area contributed by atoms with Crippen LogP contribution in [0.3, 0.4) is 0 Å². The van der Waals surface area contributed by atoms with Crippen LogP contribution in [0.1, 0.15) is 27.2 Å². The summed E-state index contributed by atoms with van der Waals surface area (Å²) in [5.74, 6) is 0.127. The van der Waals surface area contributed by atoms with Crippen LogP contribution in [0.15, 0.2) is 72.1 Å². The maximum Gasteiger partial charge on any atom is 0.261 e. The van der Waals surface area contributed by atoms with Gasteiger partial charge in [-0.05, 0) is 60.5 Å². The number of benzene rings is 3. The number of aromatic nitrogens is 1. The zero-order chi connectivity index (χ0) is 23.2. The minimum absolute atomic E-state index is 0.110. The standard InChI is InChI=1S/C25H20ClFN2O3S/c1-16-15-33-25(28-16)29-24(30)22-12-21(31-13-17-5-7-19(26)8-6-17)9-10-23(22)32-14-18-3-2-4-20(27)11-18/h2-12,15H,13-14H2,1H3,(H,28,29,30). The number of carbonyl (C=O) groups is 1. The van der Waals surface area contributed by atoms with Gasteiger partial charge in [0.15, 0.2) is 5.13 Å². The molecule has 0 radical (unpaired) electrons. The second-order valence-corrected chi connectivity index (χ2v) is 8.53. The Morgan fingerprint density at radius 2 is 1.82 bits per heavy atom. The van der Waals surface area contributed by atoms with Gasteiger partial charge < -0.3 is 9.47 Å². The first kappa shape index (κ1) is 22.8. The van der Waals surface area contributed by atoms with Crippen LogP contribution < -0.4 is 14.8 Å². The van der Waals surface area contributed by atoms with Crippen molar-refractivity contribution in [3.05, 3.63) is 105 Å². The third-order valence-corrected chi connectivity index (χ3v) is 5.76. The summed E-state index contributed by atoms with van der Waals surface area (Å²) in [5.41, 5.74) is 2.70. The van der Waals surface area contributed by atoms with E-state index in [4.69, 9.17) is 21.1 Å². The number of aryl methyl sites for hydroxylation is 1. The minimum Gasteiger partial charge on any atom is -0.489 e. The van der Waals surface area contributed by atoms with Crippen molar-refractivity contribution in [1.82, 2.24) is 4.98 Å². The molecule has 0 atom stereocenters. The summed E-state index contributed by atoms with van der Waals surface area (Å²) in [6.07, 6.45) is 0. The number of rotatable bonds is 8. The molecule has 0 saturated carbocycles. The SMILES string of the molecule is Cc1csc(NC(=O)c2cc(OCc3ccc(Cl)cc3)ccc2OCc2cccc(F)c2)n1. The Kier molecular flexibility index (Phi) is 7.22. The first-order valence-corrected chi connectivity index (χ1v) is 11.3. The highest BCUT2D eigenvalue weighted by Crippen LogP contribution is 2.28. The molecule has 4 aromatic rings. The monoisotopic (exact) mass is 482 g/mol. The molecule has 5 nitrogen and oxygen atoms in total. The van der Waals surface area contributed by atoms with E-state index in [0.29, 0.717) is 33.8 Å². The molecule has 1 heterocycles. The topological polar surface area (TPSA) is 60.5 Å². The van der Waals surface area contributed by atoms with Gasteiger partial charge in [0, 0.05) is 10.4 Å². The van der Waals surface area contributed by atoms with Crippen LogP contribution in [0, 0.1) is 12.7 Å². The molecule has 0 saturated heterocycles. The summed E-state index contributed by atoms with van der Waals surface area (Å²) in [4.78, 5) is 17.3. The molecular weight excluding hydrogens is 463 g/mol. The average Bonchev–Trinajstić information content (AvgIpc) is 3.22. The molecular formula is C25H20ClFN2O3S. The van der Waals surface area contributed by atoms with Crippen molar-refractivity contribution in [2.24, 2.45) is 0 Å². The van der Waals surface area contributed by atoms with Crippen LogP contribution >= 0.6 is 22.9 Å². The van der Waals surface area contributed by atoms with E-state index in [-0.39, 0.29) is 23.9 Å². The summed E-state index contributed by atoms with van der Waals surface area (Å²) >= 11 is 7.26. The van der Waals surface area contributed by atoms with Crippen molar-refractivity contribution in [3.8, 4) is 11.5 Å². The predicted octanol–water partition coefficient (Wildman–Crippen LogP) is 6.65. The number of hydrogen-bond acceptors (Lipinski definition) is 5. The number of ether oxygens (including phenoxy) is 2. The van der Waals surface area contributed by atoms with Gasteiger partial charge in [0.25, 0.3) is 5.91 Å². The smallest absolute Gasteiger partial charge is 0.261 e. The largest absolute Gasteiger partial charge is 0.489 e. The lowest BCUT2D eigenvalue weighted by molar-refractivity contribution is 0.102. The van der Waals surface area contributed by atoms with Crippen molar-refractivity contribution in [2.45, 2.75) is 20.1 Å².